The molecule has 1 heterocycles. The van der Waals surface area contributed by atoms with E-state index in [2.05, 4.69) is 0 Å². The summed E-state index contributed by atoms with van der Waals surface area (Å²) in [7, 11) is 0. The molecule has 2 rings (SSSR count). The maximum absolute atomic E-state index is 12.3. The van der Waals surface area contributed by atoms with Gasteiger partial charge in [0.25, 0.3) is 5.91 Å². The summed E-state index contributed by atoms with van der Waals surface area (Å²) in [6.07, 6.45) is 0. The van der Waals surface area contributed by atoms with Gasteiger partial charge in [-0.05, 0) is 32.0 Å². The number of benzene rings is 1. The SMILES string of the molecule is CC1(C)CN(C(=O)c2cc(N)cc(Cl)c2)CCO1. The molecule has 4 nitrogen and oxygen atoms in total. The van der Waals surface area contributed by atoms with E-state index in [0.29, 0.717) is 36.0 Å². The molecule has 0 atom stereocenters. The molecule has 0 unspecified atom stereocenters. The number of hydrogen-bond donors (Lipinski definition) is 1. The van der Waals surface area contributed by atoms with Crippen molar-refractivity contribution in [2.75, 3.05) is 25.4 Å². The summed E-state index contributed by atoms with van der Waals surface area (Å²) in [6, 6.07) is 4.92. The largest absolute Gasteiger partial charge is 0.399 e. The minimum Gasteiger partial charge on any atom is -0.399 e. The molecule has 1 aromatic carbocycles. The van der Waals surface area contributed by atoms with Crippen molar-refractivity contribution < 1.29 is 9.53 Å². The average molecular weight is 269 g/mol. The Kier molecular flexibility index (Phi) is 3.50. The number of carbonyl (C=O) groups excluding carboxylic acids is 1. The van der Waals surface area contributed by atoms with Gasteiger partial charge in [-0.25, -0.2) is 0 Å². The minimum atomic E-state index is -0.308. The van der Waals surface area contributed by atoms with Crippen molar-refractivity contribution in [2.24, 2.45) is 0 Å². The van der Waals surface area contributed by atoms with E-state index in [9.17, 15) is 4.79 Å². The Morgan fingerprint density at radius 1 is 1.44 bits per heavy atom. The third kappa shape index (κ3) is 2.94. The van der Waals surface area contributed by atoms with Crippen molar-refractivity contribution in [2.45, 2.75) is 19.4 Å². The van der Waals surface area contributed by atoms with E-state index in [0.717, 1.165) is 0 Å². The van der Waals surface area contributed by atoms with Crippen LogP contribution >= 0.6 is 11.6 Å². The Balaban J connectivity index is 2.20. The number of carbonyl (C=O) groups is 1. The fourth-order valence-corrected chi connectivity index (χ4v) is 2.35. The third-order valence-electron chi connectivity index (χ3n) is 2.88. The lowest BCUT2D eigenvalue weighted by atomic mass is 10.1. The molecule has 0 spiro atoms. The van der Waals surface area contributed by atoms with Crippen LogP contribution in [-0.4, -0.2) is 36.1 Å². The summed E-state index contributed by atoms with van der Waals surface area (Å²) < 4.78 is 5.58. The van der Waals surface area contributed by atoms with E-state index in [4.69, 9.17) is 22.1 Å². The summed E-state index contributed by atoms with van der Waals surface area (Å²) >= 11 is 5.91. The highest BCUT2D eigenvalue weighted by atomic mass is 35.5. The molecule has 0 aliphatic carbocycles. The fraction of sp³-hybridized carbons (Fsp3) is 0.462. The van der Waals surface area contributed by atoms with Crippen molar-refractivity contribution in [3.63, 3.8) is 0 Å². The number of nitrogens with zero attached hydrogens (tertiary/aromatic N) is 1. The van der Waals surface area contributed by atoms with Crippen LogP contribution in [0.5, 0.6) is 0 Å². The number of nitrogens with two attached hydrogens (primary N) is 1. The molecule has 1 aliphatic heterocycles. The zero-order chi connectivity index (χ0) is 13.3. The fourth-order valence-electron chi connectivity index (χ4n) is 2.11. The lowest BCUT2D eigenvalue weighted by molar-refractivity contribution is -0.0763. The first kappa shape index (κ1) is 13.2. The van der Waals surface area contributed by atoms with Gasteiger partial charge in [0.1, 0.15) is 0 Å². The molecule has 1 aliphatic rings. The van der Waals surface area contributed by atoms with E-state index in [1.807, 2.05) is 13.8 Å². The van der Waals surface area contributed by atoms with Crippen molar-refractivity contribution in [1.82, 2.24) is 4.90 Å². The number of halogens is 1. The van der Waals surface area contributed by atoms with Crippen LogP contribution in [0.2, 0.25) is 5.02 Å². The Bertz CT molecular complexity index is 454. The highest BCUT2D eigenvalue weighted by Crippen LogP contribution is 2.21. The van der Waals surface area contributed by atoms with Crippen molar-refractivity contribution >= 4 is 23.2 Å². The van der Waals surface area contributed by atoms with Gasteiger partial charge in [0.2, 0.25) is 0 Å². The molecule has 1 fully saturated rings. The van der Waals surface area contributed by atoms with Crippen LogP contribution in [0.15, 0.2) is 18.2 Å². The summed E-state index contributed by atoms with van der Waals surface area (Å²) in [5.41, 5.74) is 6.42. The second kappa shape index (κ2) is 4.78. The molecule has 0 aromatic heterocycles. The van der Waals surface area contributed by atoms with E-state index in [1.54, 1.807) is 23.1 Å². The van der Waals surface area contributed by atoms with Crippen LogP contribution in [0.1, 0.15) is 24.2 Å². The first-order chi connectivity index (χ1) is 8.37. The lowest BCUT2D eigenvalue weighted by Crippen LogP contribution is -2.50. The van der Waals surface area contributed by atoms with E-state index in [-0.39, 0.29) is 11.5 Å². The summed E-state index contributed by atoms with van der Waals surface area (Å²) in [6.45, 7) is 5.65. The molecule has 18 heavy (non-hydrogen) atoms. The van der Waals surface area contributed by atoms with Crippen molar-refractivity contribution in [3.05, 3.63) is 28.8 Å². The first-order valence-corrected chi connectivity index (χ1v) is 6.24. The molecular weight excluding hydrogens is 252 g/mol. The van der Waals surface area contributed by atoms with Gasteiger partial charge < -0.3 is 15.4 Å². The van der Waals surface area contributed by atoms with Crippen LogP contribution < -0.4 is 5.73 Å². The molecule has 5 heteroatoms. The Hall–Kier alpha value is -1.26. The van der Waals surface area contributed by atoms with E-state index < -0.39 is 0 Å². The number of nitrogen functional groups attached to an aromatic ring is 1. The van der Waals surface area contributed by atoms with Crippen molar-refractivity contribution in [1.29, 1.82) is 0 Å². The van der Waals surface area contributed by atoms with Gasteiger partial charge in [0.05, 0.1) is 12.2 Å². The van der Waals surface area contributed by atoms with Crippen molar-refractivity contribution in [3.8, 4) is 0 Å². The summed E-state index contributed by atoms with van der Waals surface area (Å²) in [4.78, 5) is 14.1. The number of ether oxygens (including phenoxy) is 1. The number of morpholine rings is 1. The molecular formula is C13H17ClN2O2. The molecule has 0 saturated carbocycles. The average Bonchev–Trinajstić information content (AvgIpc) is 2.25. The minimum absolute atomic E-state index is 0.0550. The van der Waals surface area contributed by atoms with Gasteiger partial charge in [0.15, 0.2) is 0 Å². The molecule has 1 amide bonds. The summed E-state index contributed by atoms with van der Waals surface area (Å²) in [5, 5.41) is 0.478. The highest BCUT2D eigenvalue weighted by molar-refractivity contribution is 6.31. The Morgan fingerprint density at radius 2 is 2.17 bits per heavy atom. The molecule has 1 saturated heterocycles. The quantitative estimate of drug-likeness (QED) is 0.794. The summed E-state index contributed by atoms with van der Waals surface area (Å²) in [5.74, 6) is -0.0550. The van der Waals surface area contributed by atoms with Gasteiger partial charge in [-0.3, -0.25) is 4.79 Å². The monoisotopic (exact) mass is 268 g/mol. The normalized spacial score (nSPS) is 18.7. The highest BCUT2D eigenvalue weighted by Gasteiger charge is 2.30. The third-order valence-corrected chi connectivity index (χ3v) is 3.10. The van der Waals surface area contributed by atoms with Crippen LogP contribution in [0, 0.1) is 0 Å². The zero-order valence-electron chi connectivity index (χ0n) is 10.6. The van der Waals surface area contributed by atoms with Crippen LogP contribution in [0.25, 0.3) is 0 Å². The maximum atomic E-state index is 12.3. The van der Waals surface area contributed by atoms with Crippen LogP contribution in [-0.2, 0) is 4.74 Å². The second-order valence-corrected chi connectivity index (χ2v) is 5.54. The van der Waals surface area contributed by atoms with Gasteiger partial charge in [-0.15, -0.1) is 0 Å². The van der Waals surface area contributed by atoms with Crippen LogP contribution in [0.4, 0.5) is 5.69 Å². The number of rotatable bonds is 1. The number of anilines is 1. The topological polar surface area (TPSA) is 55.6 Å². The molecule has 2 N–H and O–H groups in total. The first-order valence-electron chi connectivity index (χ1n) is 5.87. The standard InChI is InChI=1S/C13H17ClN2O2/c1-13(2)8-16(3-4-18-13)12(17)9-5-10(14)7-11(15)6-9/h5-7H,3-4,8,15H2,1-2H3. The van der Waals surface area contributed by atoms with Gasteiger partial charge in [0, 0.05) is 29.4 Å². The number of amides is 1. The Labute approximate surface area is 112 Å². The molecule has 1 aromatic rings. The van der Waals surface area contributed by atoms with Gasteiger partial charge in [-0.2, -0.15) is 0 Å². The maximum Gasteiger partial charge on any atom is 0.254 e. The predicted octanol–water partition coefficient (Wildman–Crippen LogP) is 2.17. The smallest absolute Gasteiger partial charge is 0.254 e. The Morgan fingerprint density at radius 3 is 2.78 bits per heavy atom. The van der Waals surface area contributed by atoms with Crippen LogP contribution in [0.3, 0.4) is 0 Å². The molecule has 0 bridgehead atoms. The number of hydrogen-bond acceptors (Lipinski definition) is 3. The predicted molar refractivity (Wildman–Crippen MR) is 71.8 cm³/mol. The van der Waals surface area contributed by atoms with E-state index in [1.165, 1.54) is 0 Å². The lowest BCUT2D eigenvalue weighted by Gasteiger charge is -2.38. The van der Waals surface area contributed by atoms with E-state index >= 15 is 0 Å². The molecule has 0 radical (unpaired) electrons. The second-order valence-electron chi connectivity index (χ2n) is 5.11. The van der Waals surface area contributed by atoms with Gasteiger partial charge >= 0.3 is 0 Å². The molecule has 98 valence electrons. The zero-order valence-corrected chi connectivity index (χ0v) is 11.3. The van der Waals surface area contributed by atoms with Gasteiger partial charge in [-0.1, -0.05) is 11.6 Å².